The van der Waals surface area contributed by atoms with E-state index in [0.717, 1.165) is 44.9 Å². The van der Waals surface area contributed by atoms with Crippen molar-refractivity contribution in [1.29, 1.82) is 0 Å². The van der Waals surface area contributed by atoms with Gasteiger partial charge in [-0.05, 0) is 36.4 Å². The smallest absolute Gasteiger partial charge is 0.265 e. The molecule has 6 heteroatoms. The highest BCUT2D eigenvalue weighted by Crippen LogP contribution is 2.41. The van der Waals surface area contributed by atoms with Gasteiger partial charge in [-0.3, -0.25) is 9.13 Å². The fraction of sp³-hybridized carbons (Fsp3) is 0. The molecule has 4 aromatic heterocycles. The van der Waals surface area contributed by atoms with Crippen LogP contribution in [0.5, 0.6) is 0 Å². The third-order valence-electron chi connectivity index (χ3n) is 11.6. The van der Waals surface area contributed by atoms with E-state index >= 15 is 0 Å². The molecule has 0 bridgehead atoms. The number of hydrogen-bond donors (Lipinski definition) is 0. The van der Waals surface area contributed by atoms with Crippen LogP contribution in [0.1, 0.15) is 0 Å². The van der Waals surface area contributed by atoms with Gasteiger partial charge in [0, 0.05) is 32.7 Å². The monoisotopic (exact) mass is 738 g/mol. The summed E-state index contributed by atoms with van der Waals surface area (Å²) >= 11 is 0. The topological polar surface area (TPSA) is 35.6 Å². The van der Waals surface area contributed by atoms with Gasteiger partial charge in [0.25, 0.3) is 13.4 Å². The normalized spacial score (nSPS) is 11.4. The van der Waals surface area contributed by atoms with Gasteiger partial charge in [0.2, 0.25) is 0 Å². The predicted octanol–water partition coefficient (Wildman–Crippen LogP) is 7.70. The Balaban J connectivity index is 1.19. The van der Waals surface area contributed by atoms with E-state index in [0.29, 0.717) is 0 Å². The molecule has 0 saturated carbocycles. The standard InChI is InChI=1S/C52H36B2N4/c1-5-19-37(20-6-1)53(38-21-7-2-8-22-38)47-31-17-33-49(55-47)57-45-29-15-13-27-41(45)43-35-36-44-42-28-14-16-30-46(42)58(52(44)51(43)57)50-34-18-32-48(56-50)54(39-23-9-3-10-24-39)40-25-11-4-12-26-40/h1-36H. The average Bonchev–Trinajstić information content (AvgIpc) is 3.82. The van der Waals surface area contributed by atoms with Gasteiger partial charge in [-0.2, -0.15) is 0 Å². The van der Waals surface area contributed by atoms with Crippen LogP contribution in [0.25, 0.3) is 55.2 Å². The van der Waals surface area contributed by atoms with Gasteiger partial charge in [-0.25, -0.2) is 9.97 Å². The molecule has 11 aromatic rings. The van der Waals surface area contributed by atoms with Crippen LogP contribution in [0.2, 0.25) is 0 Å². The van der Waals surface area contributed by atoms with E-state index in [-0.39, 0.29) is 13.4 Å². The maximum atomic E-state index is 5.57. The van der Waals surface area contributed by atoms with E-state index in [4.69, 9.17) is 9.97 Å². The van der Waals surface area contributed by atoms with Gasteiger partial charge in [0.05, 0.1) is 22.1 Å². The minimum atomic E-state index is -0.0315. The number of nitrogens with zero attached hydrogens (tertiary/aromatic N) is 4. The third kappa shape index (κ3) is 5.64. The van der Waals surface area contributed by atoms with Crippen molar-refractivity contribution in [3.8, 4) is 11.6 Å². The highest BCUT2D eigenvalue weighted by atomic mass is 15.1. The molecule has 7 aromatic carbocycles. The molecule has 4 nitrogen and oxygen atoms in total. The lowest BCUT2D eigenvalue weighted by atomic mass is 9.38. The van der Waals surface area contributed by atoms with Crippen LogP contribution in [0.3, 0.4) is 0 Å². The first-order valence-electron chi connectivity index (χ1n) is 19.9. The lowest BCUT2D eigenvalue weighted by Crippen LogP contribution is -2.53. The minimum absolute atomic E-state index is 0.0315. The zero-order chi connectivity index (χ0) is 38.4. The molecule has 270 valence electrons. The molecule has 0 unspecified atom stereocenters. The summed E-state index contributed by atoms with van der Waals surface area (Å²) in [6, 6.07) is 77.8. The van der Waals surface area contributed by atoms with E-state index in [1.165, 1.54) is 43.4 Å². The minimum Gasteiger partial charge on any atom is -0.292 e. The number of fused-ring (bicyclic) bond motifs is 7. The molecular formula is C52H36B2N4. The maximum absolute atomic E-state index is 5.57. The molecule has 0 aliphatic rings. The van der Waals surface area contributed by atoms with Crippen molar-refractivity contribution in [3.05, 3.63) is 218 Å². The fourth-order valence-electron chi connectivity index (χ4n) is 9.08. The molecule has 58 heavy (non-hydrogen) atoms. The highest BCUT2D eigenvalue weighted by Gasteiger charge is 2.27. The van der Waals surface area contributed by atoms with Crippen molar-refractivity contribution < 1.29 is 0 Å². The van der Waals surface area contributed by atoms with Crippen molar-refractivity contribution in [3.63, 3.8) is 0 Å². The third-order valence-corrected chi connectivity index (χ3v) is 11.6. The van der Waals surface area contributed by atoms with Crippen molar-refractivity contribution in [2.24, 2.45) is 0 Å². The molecule has 0 radical (unpaired) electrons. The molecule has 0 aliphatic heterocycles. The Labute approximate surface area is 337 Å². The number of benzene rings is 7. The first-order valence-corrected chi connectivity index (χ1v) is 19.9. The number of aromatic nitrogens is 4. The highest BCUT2D eigenvalue weighted by molar-refractivity contribution is 6.95. The van der Waals surface area contributed by atoms with Gasteiger partial charge in [0.1, 0.15) is 11.6 Å². The second kappa shape index (κ2) is 14.3. The van der Waals surface area contributed by atoms with Crippen LogP contribution >= 0.6 is 0 Å². The Morgan fingerprint density at radius 3 is 0.966 bits per heavy atom. The van der Waals surface area contributed by atoms with Crippen LogP contribution < -0.4 is 33.0 Å². The Bertz CT molecular complexity index is 2940. The Morgan fingerprint density at radius 2 is 0.603 bits per heavy atom. The Kier molecular flexibility index (Phi) is 8.32. The summed E-state index contributed by atoms with van der Waals surface area (Å²) in [4.78, 5) is 11.1. The SMILES string of the molecule is c1ccc(B(c2ccccc2)c2cccc(-n3c4ccccc4c4ccc5c6ccccc6n(-c6cccc(B(c7ccccc7)c7ccccc7)n6)c5c43)n2)cc1. The van der Waals surface area contributed by atoms with Crippen LogP contribution in [-0.4, -0.2) is 32.5 Å². The second-order valence-corrected chi connectivity index (χ2v) is 14.9. The Morgan fingerprint density at radius 1 is 0.276 bits per heavy atom. The fourth-order valence-corrected chi connectivity index (χ4v) is 9.08. The van der Waals surface area contributed by atoms with Gasteiger partial charge in [0.15, 0.2) is 0 Å². The zero-order valence-corrected chi connectivity index (χ0v) is 31.7. The van der Waals surface area contributed by atoms with Crippen LogP contribution in [0.4, 0.5) is 0 Å². The van der Waals surface area contributed by atoms with Crippen LogP contribution in [0.15, 0.2) is 218 Å². The Hall–Kier alpha value is -7.43. The molecule has 0 N–H and O–H groups in total. The van der Waals surface area contributed by atoms with E-state index < -0.39 is 0 Å². The molecule has 0 spiro atoms. The molecule has 0 saturated heterocycles. The quantitative estimate of drug-likeness (QED) is 0.150. The van der Waals surface area contributed by atoms with Crippen molar-refractivity contribution in [2.45, 2.75) is 0 Å². The van der Waals surface area contributed by atoms with Gasteiger partial charge in [-0.1, -0.05) is 204 Å². The average molecular weight is 739 g/mol. The van der Waals surface area contributed by atoms with Crippen molar-refractivity contribution in [2.75, 3.05) is 0 Å². The van der Waals surface area contributed by atoms with Crippen molar-refractivity contribution in [1.82, 2.24) is 19.1 Å². The molecule has 0 atom stereocenters. The van der Waals surface area contributed by atoms with Crippen LogP contribution in [-0.2, 0) is 0 Å². The summed E-state index contributed by atoms with van der Waals surface area (Å²) in [6.45, 7) is -0.0629. The molecular weight excluding hydrogens is 702 g/mol. The van der Waals surface area contributed by atoms with E-state index in [9.17, 15) is 0 Å². The summed E-state index contributed by atoms with van der Waals surface area (Å²) < 4.78 is 4.75. The molecule has 0 fully saturated rings. The maximum Gasteiger partial charge on any atom is 0.265 e. The van der Waals surface area contributed by atoms with E-state index in [1.54, 1.807) is 0 Å². The van der Waals surface area contributed by atoms with E-state index in [2.05, 4.69) is 228 Å². The zero-order valence-electron chi connectivity index (χ0n) is 31.7. The van der Waals surface area contributed by atoms with Gasteiger partial charge >= 0.3 is 0 Å². The van der Waals surface area contributed by atoms with Crippen LogP contribution in [0, 0.1) is 0 Å². The van der Waals surface area contributed by atoms with Gasteiger partial charge in [-0.15, -0.1) is 0 Å². The largest absolute Gasteiger partial charge is 0.292 e. The summed E-state index contributed by atoms with van der Waals surface area (Å²) in [5, 5.41) is 4.70. The van der Waals surface area contributed by atoms with E-state index in [1.807, 2.05) is 0 Å². The first kappa shape index (κ1) is 33.9. The molecule has 11 rings (SSSR count). The van der Waals surface area contributed by atoms with Gasteiger partial charge < -0.3 is 0 Å². The number of hydrogen-bond acceptors (Lipinski definition) is 2. The lowest BCUT2D eigenvalue weighted by molar-refractivity contribution is 1.07. The molecule has 0 amide bonds. The van der Waals surface area contributed by atoms with Crippen molar-refractivity contribution >= 4 is 90.1 Å². The predicted molar refractivity (Wildman–Crippen MR) is 246 cm³/mol. The lowest BCUT2D eigenvalue weighted by Gasteiger charge is -2.17. The summed E-state index contributed by atoms with van der Waals surface area (Å²) in [6.07, 6.45) is 0. The molecule has 0 aliphatic carbocycles. The first-order chi connectivity index (χ1) is 28.8. The summed E-state index contributed by atoms with van der Waals surface area (Å²) in [5.41, 5.74) is 11.2. The summed E-state index contributed by atoms with van der Waals surface area (Å²) in [5.74, 6) is 1.75. The number of pyridine rings is 2. The number of para-hydroxylation sites is 2. The molecule has 4 heterocycles. The number of rotatable bonds is 8. The summed E-state index contributed by atoms with van der Waals surface area (Å²) in [7, 11) is 0. The second-order valence-electron chi connectivity index (χ2n) is 14.9.